The molecule has 0 unspecified atom stereocenters. The van der Waals surface area contributed by atoms with Crippen LogP contribution in [0.3, 0.4) is 0 Å². The summed E-state index contributed by atoms with van der Waals surface area (Å²) in [6.45, 7) is 6.04. The number of likely N-dealkylation sites (N-methyl/N-ethyl adjacent to an activating group) is 1. The molecule has 2 aromatic rings. The molecule has 0 saturated carbocycles. The van der Waals surface area contributed by atoms with Crippen LogP contribution in [0, 0.1) is 0 Å². The second-order valence-corrected chi connectivity index (χ2v) is 9.17. The Hall–Kier alpha value is -2.36. The largest absolute Gasteiger partial charge is 0.468 e. The van der Waals surface area contributed by atoms with Crippen LogP contribution in [0.4, 0.5) is 11.9 Å². The van der Waals surface area contributed by atoms with E-state index in [9.17, 15) is 4.79 Å². The van der Waals surface area contributed by atoms with Gasteiger partial charge in [0, 0.05) is 36.7 Å². The second kappa shape index (κ2) is 12.2. The van der Waals surface area contributed by atoms with Gasteiger partial charge in [0.05, 0.1) is 13.7 Å². The SMILES string of the molecule is CCCN(C1CCN(c2n[nH]c(N)n2)CC1)[C@@H](Cc1ccc(Cl)cc1)CN(C)CC(=O)OC. The van der Waals surface area contributed by atoms with Crippen LogP contribution < -0.4 is 10.6 Å². The first-order chi connectivity index (χ1) is 15.9. The Labute approximate surface area is 201 Å². The minimum Gasteiger partial charge on any atom is -0.468 e. The lowest BCUT2D eigenvalue weighted by atomic mass is 9.97. The lowest BCUT2D eigenvalue weighted by Crippen LogP contribution is -2.53. The zero-order valence-corrected chi connectivity index (χ0v) is 20.6. The predicted octanol–water partition coefficient (Wildman–Crippen LogP) is 2.44. The van der Waals surface area contributed by atoms with Crippen LogP contribution in [0.25, 0.3) is 0 Å². The van der Waals surface area contributed by atoms with Gasteiger partial charge in [-0.2, -0.15) is 4.98 Å². The molecular formula is C23H36ClN7O2. The first kappa shape index (κ1) is 25.3. The van der Waals surface area contributed by atoms with E-state index in [-0.39, 0.29) is 18.6 Å². The molecule has 1 aromatic carbocycles. The van der Waals surface area contributed by atoms with Crippen LogP contribution in [-0.2, 0) is 16.0 Å². The fourth-order valence-electron chi connectivity index (χ4n) is 4.61. The van der Waals surface area contributed by atoms with Gasteiger partial charge in [-0.1, -0.05) is 30.7 Å². The normalized spacial score (nSPS) is 15.9. The van der Waals surface area contributed by atoms with Crippen LogP contribution in [0.1, 0.15) is 31.7 Å². The number of carbonyl (C=O) groups is 1. The molecule has 1 aliphatic rings. The number of hydrogen-bond acceptors (Lipinski definition) is 8. The molecule has 0 amide bonds. The van der Waals surface area contributed by atoms with E-state index in [1.54, 1.807) is 0 Å². The van der Waals surface area contributed by atoms with Crippen molar-refractivity contribution < 1.29 is 9.53 Å². The highest BCUT2D eigenvalue weighted by atomic mass is 35.5. The highest BCUT2D eigenvalue weighted by Gasteiger charge is 2.31. The highest BCUT2D eigenvalue weighted by Crippen LogP contribution is 2.24. The van der Waals surface area contributed by atoms with Crippen LogP contribution in [0.2, 0.25) is 5.02 Å². The van der Waals surface area contributed by atoms with E-state index in [0.29, 0.717) is 17.9 Å². The molecule has 3 rings (SSSR count). The lowest BCUT2D eigenvalue weighted by Gasteiger charge is -2.43. The molecule has 1 aliphatic heterocycles. The summed E-state index contributed by atoms with van der Waals surface area (Å²) in [7, 11) is 3.41. The third-order valence-electron chi connectivity index (χ3n) is 6.19. The van der Waals surface area contributed by atoms with E-state index >= 15 is 0 Å². The Bertz CT molecular complexity index is 868. The molecule has 33 heavy (non-hydrogen) atoms. The zero-order chi connectivity index (χ0) is 23.8. The van der Waals surface area contributed by atoms with Crippen molar-refractivity contribution >= 4 is 29.5 Å². The number of ether oxygens (including phenoxy) is 1. The number of methoxy groups -OCH3 is 1. The molecular weight excluding hydrogens is 442 g/mol. The van der Waals surface area contributed by atoms with Crippen molar-refractivity contribution in [2.24, 2.45) is 0 Å². The van der Waals surface area contributed by atoms with E-state index in [4.69, 9.17) is 22.1 Å². The van der Waals surface area contributed by atoms with Crippen LogP contribution in [0.15, 0.2) is 24.3 Å². The van der Waals surface area contributed by atoms with Gasteiger partial charge in [0.25, 0.3) is 0 Å². The molecule has 10 heteroatoms. The van der Waals surface area contributed by atoms with Gasteiger partial charge in [0.2, 0.25) is 11.9 Å². The molecule has 182 valence electrons. The maximum absolute atomic E-state index is 11.8. The molecule has 0 aliphatic carbocycles. The Kier molecular flexibility index (Phi) is 9.34. The minimum atomic E-state index is -0.219. The van der Waals surface area contributed by atoms with Crippen molar-refractivity contribution in [2.45, 2.75) is 44.7 Å². The van der Waals surface area contributed by atoms with Gasteiger partial charge in [-0.05, 0) is 57.0 Å². The Morgan fingerprint density at radius 3 is 2.61 bits per heavy atom. The number of nitrogens with zero attached hydrogens (tertiary/aromatic N) is 5. The molecule has 3 N–H and O–H groups in total. The molecule has 1 atom stereocenters. The van der Waals surface area contributed by atoms with Gasteiger partial charge in [-0.25, -0.2) is 5.10 Å². The maximum atomic E-state index is 11.8. The van der Waals surface area contributed by atoms with E-state index in [1.165, 1.54) is 12.7 Å². The number of esters is 1. The number of nitrogens with two attached hydrogens (primary N) is 1. The summed E-state index contributed by atoms with van der Waals surface area (Å²) in [4.78, 5) is 23.0. The van der Waals surface area contributed by atoms with Crippen molar-refractivity contribution in [3.8, 4) is 0 Å². The number of benzene rings is 1. The quantitative estimate of drug-likeness (QED) is 0.475. The number of piperidine rings is 1. The summed E-state index contributed by atoms with van der Waals surface area (Å²) in [5.74, 6) is 0.795. The fourth-order valence-corrected chi connectivity index (χ4v) is 4.74. The minimum absolute atomic E-state index is 0.219. The van der Waals surface area contributed by atoms with E-state index in [1.807, 2.05) is 19.2 Å². The summed E-state index contributed by atoms with van der Waals surface area (Å²) >= 11 is 6.11. The van der Waals surface area contributed by atoms with E-state index in [2.05, 4.69) is 48.9 Å². The number of carbonyl (C=O) groups excluding carboxylic acids is 1. The van der Waals surface area contributed by atoms with Gasteiger partial charge in [-0.3, -0.25) is 14.6 Å². The Balaban J connectivity index is 1.73. The molecule has 1 aromatic heterocycles. The zero-order valence-electron chi connectivity index (χ0n) is 19.8. The Morgan fingerprint density at radius 2 is 2.03 bits per heavy atom. The number of aromatic amines is 1. The number of halogens is 1. The van der Waals surface area contributed by atoms with Crippen LogP contribution in [-0.4, -0.2) is 89.9 Å². The second-order valence-electron chi connectivity index (χ2n) is 8.73. The van der Waals surface area contributed by atoms with E-state index < -0.39 is 0 Å². The van der Waals surface area contributed by atoms with Gasteiger partial charge >= 0.3 is 5.97 Å². The van der Waals surface area contributed by atoms with E-state index in [0.717, 1.165) is 56.9 Å². The lowest BCUT2D eigenvalue weighted by molar-refractivity contribution is -0.141. The standard InChI is InChI=1S/C23H36ClN7O2/c1-4-11-31(19-9-12-30(13-10-19)23-26-22(25)27-28-23)20(15-29(2)16-21(32)33-3)14-17-5-7-18(24)8-6-17/h5-8,19-20H,4,9-16H2,1-3H3,(H3,25,26,27,28)/t20-/m0/s1. The molecule has 1 fully saturated rings. The fraction of sp³-hybridized carbons (Fsp3) is 0.609. The summed E-state index contributed by atoms with van der Waals surface area (Å²) < 4.78 is 4.88. The summed E-state index contributed by atoms with van der Waals surface area (Å²) in [6.07, 6.45) is 3.99. The van der Waals surface area contributed by atoms with Crippen molar-refractivity contribution in [1.82, 2.24) is 25.0 Å². The highest BCUT2D eigenvalue weighted by molar-refractivity contribution is 6.30. The van der Waals surface area contributed by atoms with Crippen molar-refractivity contribution in [3.63, 3.8) is 0 Å². The predicted molar refractivity (Wildman–Crippen MR) is 131 cm³/mol. The number of anilines is 2. The van der Waals surface area contributed by atoms with Crippen molar-refractivity contribution in [1.29, 1.82) is 0 Å². The monoisotopic (exact) mass is 477 g/mol. The molecule has 2 heterocycles. The summed E-state index contributed by atoms with van der Waals surface area (Å²) in [5.41, 5.74) is 6.94. The number of nitrogen functional groups attached to an aromatic ring is 1. The number of nitrogens with one attached hydrogen (secondary N) is 1. The average molecular weight is 478 g/mol. The average Bonchev–Trinajstić information content (AvgIpc) is 3.25. The summed E-state index contributed by atoms with van der Waals surface area (Å²) in [6, 6.07) is 8.78. The van der Waals surface area contributed by atoms with Gasteiger partial charge in [0.1, 0.15) is 0 Å². The molecule has 1 saturated heterocycles. The molecule has 9 nitrogen and oxygen atoms in total. The third-order valence-corrected chi connectivity index (χ3v) is 6.44. The number of H-pyrrole nitrogens is 1. The first-order valence-corrected chi connectivity index (χ1v) is 12.0. The molecule has 0 spiro atoms. The number of rotatable bonds is 11. The van der Waals surface area contributed by atoms with Crippen molar-refractivity contribution in [3.05, 3.63) is 34.9 Å². The Morgan fingerprint density at radius 1 is 1.33 bits per heavy atom. The smallest absolute Gasteiger partial charge is 0.319 e. The van der Waals surface area contributed by atoms with Crippen LogP contribution in [0.5, 0.6) is 0 Å². The summed E-state index contributed by atoms with van der Waals surface area (Å²) in [5, 5.41) is 7.67. The van der Waals surface area contributed by atoms with Crippen LogP contribution >= 0.6 is 11.6 Å². The topological polar surface area (TPSA) is 104 Å². The van der Waals surface area contributed by atoms with Gasteiger partial charge in [-0.15, -0.1) is 5.10 Å². The molecule has 0 radical (unpaired) electrons. The molecule has 0 bridgehead atoms. The van der Waals surface area contributed by atoms with Gasteiger partial charge < -0.3 is 15.4 Å². The van der Waals surface area contributed by atoms with Gasteiger partial charge in [0.15, 0.2) is 0 Å². The van der Waals surface area contributed by atoms with Crippen molar-refractivity contribution in [2.75, 3.05) is 57.5 Å². The first-order valence-electron chi connectivity index (χ1n) is 11.6. The number of hydrogen-bond donors (Lipinski definition) is 2. The number of aromatic nitrogens is 3. The third kappa shape index (κ3) is 7.31. The maximum Gasteiger partial charge on any atom is 0.319 e.